The van der Waals surface area contributed by atoms with Crippen molar-refractivity contribution in [2.75, 3.05) is 0 Å². The third kappa shape index (κ3) is 1.86. The quantitative estimate of drug-likeness (QED) is 0.518. The van der Waals surface area contributed by atoms with Gasteiger partial charge in [0.1, 0.15) is 0 Å². The van der Waals surface area contributed by atoms with Crippen molar-refractivity contribution < 1.29 is 0 Å². The molecule has 0 spiro atoms. The van der Waals surface area contributed by atoms with E-state index in [1.165, 1.54) is 81.5 Å². The first-order valence-electron chi connectivity index (χ1n) is 11.1. The first-order valence-corrected chi connectivity index (χ1v) is 11.1. The molecular weight excluding hydrogens is 352 g/mol. The lowest BCUT2D eigenvalue weighted by Gasteiger charge is -2.32. The molecule has 7 rings (SSSR count). The number of aryl methyl sites for hydroxylation is 3. The molecule has 1 aromatic carbocycles. The van der Waals surface area contributed by atoms with Crippen LogP contribution >= 0.6 is 0 Å². The predicted octanol–water partition coefficient (Wildman–Crippen LogP) is 6.06. The van der Waals surface area contributed by atoms with E-state index in [0.29, 0.717) is 5.92 Å². The number of rotatable bonds is 0. The van der Waals surface area contributed by atoms with Crippen LogP contribution in [0, 0.1) is 19.8 Å². The topological polar surface area (TPSA) is 16.1 Å². The summed E-state index contributed by atoms with van der Waals surface area (Å²) >= 11 is 0. The van der Waals surface area contributed by atoms with Gasteiger partial charge in [0, 0.05) is 22.6 Å². The number of hydrogen-bond acceptors (Lipinski definition) is 2. The molecule has 0 fully saturated rings. The fourth-order valence-electron chi connectivity index (χ4n) is 6.57. The summed E-state index contributed by atoms with van der Waals surface area (Å²) in [5, 5.41) is 1.46. The summed E-state index contributed by atoms with van der Waals surface area (Å²) in [7, 11) is 0. The molecule has 0 N–H and O–H groups in total. The van der Waals surface area contributed by atoms with E-state index in [-0.39, 0.29) is 0 Å². The maximum absolute atomic E-state index is 5.29. The van der Waals surface area contributed by atoms with Gasteiger partial charge in [-0.15, -0.1) is 0 Å². The lowest BCUT2D eigenvalue weighted by atomic mass is 9.83. The van der Waals surface area contributed by atoms with Crippen molar-refractivity contribution >= 4 is 16.6 Å². The normalized spacial score (nSPS) is 23.8. The van der Waals surface area contributed by atoms with Crippen LogP contribution in [0.1, 0.15) is 59.7 Å². The summed E-state index contributed by atoms with van der Waals surface area (Å²) in [5.74, 6) is 0.601. The Morgan fingerprint density at radius 2 is 1.86 bits per heavy atom. The molecule has 3 heterocycles. The van der Waals surface area contributed by atoms with E-state index in [2.05, 4.69) is 44.4 Å². The highest BCUT2D eigenvalue weighted by atomic mass is 15.2. The van der Waals surface area contributed by atoms with Gasteiger partial charge in [-0.2, -0.15) is 0 Å². The number of aromatic nitrogens is 1. The molecule has 0 bridgehead atoms. The lowest BCUT2D eigenvalue weighted by molar-refractivity contribution is 0.500. The van der Waals surface area contributed by atoms with E-state index in [1.807, 2.05) is 0 Å². The molecule has 2 aliphatic heterocycles. The number of nitrogens with zero attached hydrogens (tertiary/aromatic N) is 2. The summed E-state index contributed by atoms with van der Waals surface area (Å²) in [6.45, 7) is 12.4. The molecule has 1 atom stereocenters. The van der Waals surface area contributed by atoms with Crippen LogP contribution in [0.5, 0.6) is 0 Å². The van der Waals surface area contributed by atoms with Crippen LogP contribution in [0.3, 0.4) is 0 Å². The Balaban J connectivity index is 1.49. The van der Waals surface area contributed by atoms with Gasteiger partial charge >= 0.3 is 0 Å². The highest BCUT2D eigenvalue weighted by Crippen LogP contribution is 2.57. The Kier molecular flexibility index (Phi) is 2.85. The summed E-state index contributed by atoms with van der Waals surface area (Å²) in [6.07, 6.45) is 8.48. The van der Waals surface area contributed by atoms with Crippen molar-refractivity contribution in [1.82, 2.24) is 9.88 Å². The molecule has 29 heavy (non-hydrogen) atoms. The van der Waals surface area contributed by atoms with Crippen molar-refractivity contribution in [3.8, 4) is 0 Å². The maximum Gasteiger partial charge on any atom is 0.0927 e. The largest absolute Gasteiger partial charge is 0.335 e. The van der Waals surface area contributed by atoms with Gasteiger partial charge in [-0.3, -0.25) is 0 Å². The number of pyridine rings is 1. The highest BCUT2D eigenvalue weighted by Gasteiger charge is 2.44. The van der Waals surface area contributed by atoms with Crippen molar-refractivity contribution in [2.45, 2.75) is 59.4 Å². The minimum Gasteiger partial charge on any atom is -0.335 e. The van der Waals surface area contributed by atoms with E-state index in [9.17, 15) is 0 Å². The first-order chi connectivity index (χ1) is 14.0. The Bertz CT molecular complexity index is 1300. The second-order valence-corrected chi connectivity index (χ2v) is 9.60. The zero-order chi connectivity index (χ0) is 19.6. The van der Waals surface area contributed by atoms with E-state index < -0.39 is 0 Å². The molecule has 2 aromatic rings. The molecule has 2 nitrogen and oxygen atoms in total. The van der Waals surface area contributed by atoms with Crippen LogP contribution in [-0.4, -0.2) is 9.88 Å². The summed E-state index contributed by atoms with van der Waals surface area (Å²) in [4.78, 5) is 7.75. The maximum atomic E-state index is 5.29. The zero-order valence-corrected chi connectivity index (χ0v) is 17.6. The monoisotopic (exact) mass is 378 g/mol. The van der Waals surface area contributed by atoms with Crippen LogP contribution < -0.4 is 0 Å². The van der Waals surface area contributed by atoms with Crippen molar-refractivity contribution in [2.24, 2.45) is 5.92 Å². The van der Waals surface area contributed by atoms with Crippen LogP contribution in [0.4, 0.5) is 0 Å². The molecule has 1 unspecified atom stereocenters. The van der Waals surface area contributed by atoms with E-state index in [4.69, 9.17) is 4.98 Å². The van der Waals surface area contributed by atoms with Crippen LogP contribution in [0.15, 0.2) is 46.7 Å². The average molecular weight is 379 g/mol. The summed E-state index contributed by atoms with van der Waals surface area (Å²) < 4.78 is 0. The van der Waals surface area contributed by atoms with E-state index in [0.717, 1.165) is 13.0 Å². The molecular formula is C27H26N2. The van der Waals surface area contributed by atoms with Gasteiger partial charge in [-0.25, -0.2) is 4.98 Å². The first kappa shape index (κ1) is 16.2. The summed E-state index contributed by atoms with van der Waals surface area (Å²) in [5.41, 5.74) is 18.7. The Labute approximate surface area is 172 Å². The minimum absolute atomic E-state index is 0.601. The third-order valence-electron chi connectivity index (χ3n) is 8.32. The average Bonchev–Trinajstić information content (AvgIpc) is 3.24. The number of benzene rings is 1. The van der Waals surface area contributed by atoms with Gasteiger partial charge in [0.2, 0.25) is 0 Å². The van der Waals surface area contributed by atoms with Crippen molar-refractivity contribution in [1.29, 1.82) is 0 Å². The summed E-state index contributed by atoms with van der Waals surface area (Å²) in [6, 6.07) is 2.32. The number of allylic oxidation sites excluding steroid dienone is 5. The molecule has 144 valence electrons. The Hall–Kier alpha value is -2.61. The smallest absolute Gasteiger partial charge is 0.0927 e. The zero-order valence-electron chi connectivity index (χ0n) is 17.6. The molecule has 0 amide bonds. The van der Waals surface area contributed by atoms with E-state index >= 15 is 0 Å². The van der Waals surface area contributed by atoms with Crippen molar-refractivity contribution in [3.63, 3.8) is 0 Å². The van der Waals surface area contributed by atoms with Crippen molar-refractivity contribution in [3.05, 3.63) is 80.2 Å². The lowest BCUT2D eigenvalue weighted by Crippen LogP contribution is -2.22. The Morgan fingerprint density at radius 1 is 1.03 bits per heavy atom. The minimum atomic E-state index is 0.601. The molecule has 1 aromatic heterocycles. The van der Waals surface area contributed by atoms with Crippen LogP contribution in [0.25, 0.3) is 16.6 Å². The molecule has 2 heteroatoms. The van der Waals surface area contributed by atoms with Gasteiger partial charge < -0.3 is 4.90 Å². The van der Waals surface area contributed by atoms with Crippen LogP contribution in [-0.2, 0) is 19.4 Å². The molecule has 3 aliphatic carbocycles. The molecule has 0 saturated heterocycles. The Morgan fingerprint density at radius 3 is 2.72 bits per heavy atom. The fraction of sp³-hybridized carbons (Fsp3) is 0.370. The van der Waals surface area contributed by atoms with Crippen LogP contribution in [0.2, 0.25) is 0 Å². The number of hydrogen-bond donors (Lipinski definition) is 0. The van der Waals surface area contributed by atoms with Gasteiger partial charge in [0.25, 0.3) is 0 Å². The number of fused-ring (bicyclic) bond motifs is 6. The van der Waals surface area contributed by atoms with Gasteiger partial charge in [-0.05, 0) is 98.4 Å². The third-order valence-corrected chi connectivity index (χ3v) is 8.32. The van der Waals surface area contributed by atoms with Gasteiger partial charge in [0.05, 0.1) is 23.5 Å². The fourth-order valence-corrected chi connectivity index (χ4v) is 6.57. The second-order valence-electron chi connectivity index (χ2n) is 9.60. The van der Waals surface area contributed by atoms with Gasteiger partial charge in [0.15, 0.2) is 0 Å². The molecule has 5 aliphatic rings. The highest BCUT2D eigenvalue weighted by molar-refractivity contribution is 5.93. The van der Waals surface area contributed by atoms with Gasteiger partial charge in [-0.1, -0.05) is 17.7 Å². The predicted molar refractivity (Wildman–Crippen MR) is 118 cm³/mol. The molecule has 0 saturated carbocycles. The van der Waals surface area contributed by atoms with E-state index in [1.54, 1.807) is 22.3 Å². The second kappa shape index (κ2) is 5.11. The molecule has 0 radical (unpaired) electrons. The standard InChI is InChI=1S/C27H26N2/c1-13-10-23-26-17(14(13)2)6-5-7-20(26)22-12-29-16(4)19-9-8-18-15(3)25(18)21(19)11-24(29)27(22)28-23/h10-11,25H,4-9,12H2,1-3H3. The SMILES string of the molecule is C=C1C2=C(C=C3c4nc5cc(C)c(C)c6c5c(c4CN13)CCC6)C1C(C)=C1CC2.